The number of ketones is 1. The molecule has 2 nitrogen and oxygen atoms in total. The smallest absolute Gasteiger partial charge is 0.138 e. The van der Waals surface area contributed by atoms with E-state index in [1.165, 1.54) is 6.07 Å². The Kier molecular flexibility index (Phi) is 3.17. The van der Waals surface area contributed by atoms with Gasteiger partial charge in [0.25, 0.3) is 0 Å². The van der Waals surface area contributed by atoms with E-state index in [9.17, 15) is 9.18 Å². The molecule has 0 bridgehead atoms. The van der Waals surface area contributed by atoms with Crippen LogP contribution in [0.15, 0.2) is 22.7 Å². The molecule has 1 aliphatic heterocycles. The summed E-state index contributed by atoms with van der Waals surface area (Å²) in [5.41, 5.74) is 0.726. The van der Waals surface area contributed by atoms with Crippen LogP contribution in [0.3, 0.4) is 0 Å². The first-order valence-corrected chi connectivity index (χ1v) is 5.54. The van der Waals surface area contributed by atoms with Crippen LogP contribution in [0.2, 0.25) is 0 Å². The molecule has 0 saturated carbocycles. The summed E-state index contributed by atoms with van der Waals surface area (Å²) in [6, 6.07) is 4.82. The lowest BCUT2D eigenvalue weighted by Crippen LogP contribution is -2.19. The van der Waals surface area contributed by atoms with Crippen molar-refractivity contribution in [1.29, 1.82) is 0 Å². The normalized spacial score (nSPS) is 21.7. The fraction of sp³-hybridized carbons (Fsp3) is 0.364. The molecule has 1 aromatic rings. The van der Waals surface area contributed by atoms with Gasteiger partial charge in [0.15, 0.2) is 0 Å². The maximum atomic E-state index is 13.2. The van der Waals surface area contributed by atoms with Crippen LogP contribution in [0.25, 0.3) is 0 Å². The van der Waals surface area contributed by atoms with E-state index in [2.05, 4.69) is 15.9 Å². The van der Waals surface area contributed by atoms with Crippen LogP contribution in [0.5, 0.6) is 0 Å². The van der Waals surface area contributed by atoms with Crippen molar-refractivity contribution in [3.05, 3.63) is 34.1 Å². The molecular weight excluding hydrogens is 263 g/mol. The topological polar surface area (TPSA) is 26.3 Å². The Morgan fingerprint density at radius 3 is 2.93 bits per heavy atom. The maximum Gasteiger partial charge on any atom is 0.138 e. The molecule has 0 spiro atoms. The van der Waals surface area contributed by atoms with Gasteiger partial charge in [-0.15, -0.1) is 0 Å². The van der Waals surface area contributed by atoms with Crippen molar-refractivity contribution < 1.29 is 13.9 Å². The summed E-state index contributed by atoms with van der Waals surface area (Å²) in [6.07, 6.45) is 0.533. The van der Waals surface area contributed by atoms with Gasteiger partial charge < -0.3 is 4.74 Å². The van der Waals surface area contributed by atoms with Gasteiger partial charge >= 0.3 is 0 Å². The summed E-state index contributed by atoms with van der Waals surface area (Å²) < 4.78 is 19.1. The number of benzene rings is 1. The quantitative estimate of drug-likeness (QED) is 0.786. The number of hydrogen-bond acceptors (Lipinski definition) is 2. The van der Waals surface area contributed by atoms with Crippen LogP contribution in [-0.2, 0) is 9.53 Å². The zero-order chi connectivity index (χ0) is 10.8. The minimum atomic E-state index is -0.325. The second-order valence-corrected chi connectivity index (χ2v) is 4.38. The van der Waals surface area contributed by atoms with Gasteiger partial charge in [-0.25, -0.2) is 4.39 Å². The predicted molar refractivity (Wildman–Crippen MR) is 57.0 cm³/mol. The summed E-state index contributed by atoms with van der Waals surface area (Å²) in [5.74, 6) is -0.149. The van der Waals surface area contributed by atoms with Gasteiger partial charge in [0.1, 0.15) is 11.6 Å². The Labute approximate surface area is 95.6 Å². The molecule has 15 heavy (non-hydrogen) atoms. The Morgan fingerprint density at radius 1 is 1.47 bits per heavy atom. The average Bonchev–Trinajstić information content (AvgIpc) is 2.22. The van der Waals surface area contributed by atoms with Gasteiger partial charge in [-0.3, -0.25) is 4.79 Å². The second kappa shape index (κ2) is 4.41. The van der Waals surface area contributed by atoms with Crippen molar-refractivity contribution >= 4 is 21.7 Å². The average molecular weight is 273 g/mol. The highest BCUT2D eigenvalue weighted by molar-refractivity contribution is 9.10. The monoisotopic (exact) mass is 272 g/mol. The van der Waals surface area contributed by atoms with Gasteiger partial charge in [-0.05, 0) is 33.6 Å². The summed E-state index contributed by atoms with van der Waals surface area (Å²) in [5, 5.41) is 0. The molecule has 1 aliphatic rings. The van der Waals surface area contributed by atoms with Crippen LogP contribution in [-0.4, -0.2) is 12.4 Å². The van der Waals surface area contributed by atoms with E-state index in [4.69, 9.17) is 4.74 Å². The first-order chi connectivity index (χ1) is 7.16. The minimum absolute atomic E-state index is 0.176. The van der Waals surface area contributed by atoms with Gasteiger partial charge in [-0.1, -0.05) is 6.07 Å². The number of ether oxygens (including phenoxy) is 1. The molecule has 1 atom stereocenters. The molecule has 80 valence electrons. The number of carbonyl (C=O) groups excluding carboxylic acids is 1. The second-order valence-electron chi connectivity index (χ2n) is 3.53. The Bertz CT molecular complexity index is 392. The van der Waals surface area contributed by atoms with Crippen molar-refractivity contribution in [2.45, 2.75) is 18.9 Å². The number of hydrogen-bond donors (Lipinski definition) is 0. The summed E-state index contributed by atoms with van der Waals surface area (Å²) in [6.45, 7) is 0.432. The Balaban J connectivity index is 2.21. The fourth-order valence-corrected chi connectivity index (χ4v) is 1.86. The molecule has 0 amide bonds. The lowest BCUT2D eigenvalue weighted by atomic mass is 10.0. The van der Waals surface area contributed by atoms with Gasteiger partial charge in [0, 0.05) is 12.8 Å². The van der Waals surface area contributed by atoms with E-state index in [1.54, 1.807) is 12.1 Å². The van der Waals surface area contributed by atoms with Crippen LogP contribution < -0.4 is 0 Å². The standard InChI is InChI=1S/C11H10BrFO2/c12-9-2-1-7(5-10(9)13)11-6-8(14)3-4-15-11/h1-2,5,11H,3-4,6H2. The van der Waals surface area contributed by atoms with Crippen molar-refractivity contribution in [3.63, 3.8) is 0 Å². The van der Waals surface area contributed by atoms with Crippen LogP contribution in [0.1, 0.15) is 24.5 Å². The highest BCUT2D eigenvalue weighted by Crippen LogP contribution is 2.28. The number of Topliss-reactive ketones (excluding diaryl/α,β-unsaturated/α-hetero) is 1. The molecule has 1 saturated heterocycles. The van der Waals surface area contributed by atoms with Gasteiger partial charge in [-0.2, -0.15) is 0 Å². The lowest BCUT2D eigenvalue weighted by Gasteiger charge is -2.22. The molecule has 0 aromatic heterocycles. The first-order valence-electron chi connectivity index (χ1n) is 4.75. The number of halogens is 2. The van der Waals surface area contributed by atoms with Crippen molar-refractivity contribution in [3.8, 4) is 0 Å². The zero-order valence-electron chi connectivity index (χ0n) is 8.00. The van der Waals surface area contributed by atoms with Crippen LogP contribution in [0, 0.1) is 5.82 Å². The molecule has 0 N–H and O–H groups in total. The molecule has 1 aromatic carbocycles. The summed E-state index contributed by atoms with van der Waals surface area (Å²) >= 11 is 3.08. The third-order valence-corrected chi connectivity index (χ3v) is 3.07. The minimum Gasteiger partial charge on any atom is -0.373 e. The van der Waals surface area contributed by atoms with E-state index in [1.807, 2.05) is 0 Å². The van der Waals surface area contributed by atoms with E-state index in [0.717, 1.165) is 5.56 Å². The first kappa shape index (κ1) is 10.8. The summed E-state index contributed by atoms with van der Waals surface area (Å²) in [7, 11) is 0. The number of carbonyl (C=O) groups is 1. The Hall–Kier alpha value is -0.740. The molecular formula is C11H10BrFO2. The van der Waals surface area contributed by atoms with E-state index in [-0.39, 0.29) is 17.7 Å². The third-order valence-electron chi connectivity index (χ3n) is 2.43. The van der Waals surface area contributed by atoms with E-state index >= 15 is 0 Å². The number of rotatable bonds is 1. The van der Waals surface area contributed by atoms with Crippen molar-refractivity contribution in [2.75, 3.05) is 6.61 Å². The fourth-order valence-electron chi connectivity index (χ4n) is 1.61. The van der Waals surface area contributed by atoms with Gasteiger partial charge in [0.05, 0.1) is 17.2 Å². The molecule has 1 fully saturated rings. The van der Waals surface area contributed by atoms with E-state index in [0.29, 0.717) is 23.9 Å². The molecule has 1 unspecified atom stereocenters. The van der Waals surface area contributed by atoms with Crippen molar-refractivity contribution in [2.24, 2.45) is 0 Å². The largest absolute Gasteiger partial charge is 0.373 e. The van der Waals surface area contributed by atoms with Crippen LogP contribution >= 0.6 is 15.9 Å². The van der Waals surface area contributed by atoms with E-state index < -0.39 is 0 Å². The predicted octanol–water partition coefficient (Wildman–Crippen LogP) is 3.01. The lowest BCUT2D eigenvalue weighted by molar-refractivity contribution is -0.128. The highest BCUT2D eigenvalue weighted by atomic mass is 79.9. The van der Waals surface area contributed by atoms with Gasteiger partial charge in [0.2, 0.25) is 0 Å². The zero-order valence-corrected chi connectivity index (χ0v) is 9.59. The van der Waals surface area contributed by atoms with Crippen LogP contribution in [0.4, 0.5) is 4.39 Å². The summed E-state index contributed by atoms with van der Waals surface area (Å²) in [4.78, 5) is 11.2. The Morgan fingerprint density at radius 2 is 2.27 bits per heavy atom. The third kappa shape index (κ3) is 2.44. The maximum absolute atomic E-state index is 13.2. The molecule has 4 heteroatoms. The SMILES string of the molecule is O=C1CCOC(c2ccc(Br)c(F)c2)C1. The molecule has 0 aliphatic carbocycles. The van der Waals surface area contributed by atoms with Crippen molar-refractivity contribution in [1.82, 2.24) is 0 Å². The highest BCUT2D eigenvalue weighted by Gasteiger charge is 2.22. The molecule has 1 heterocycles. The molecule has 0 radical (unpaired) electrons. The molecule has 2 rings (SSSR count).